The number of hydrogen-bond acceptors (Lipinski definition) is 5. The number of nitrogens with zero attached hydrogens (tertiary/aromatic N) is 1. The molecule has 1 unspecified atom stereocenters. The highest BCUT2D eigenvalue weighted by atomic mass is 16.7. The van der Waals surface area contributed by atoms with Crippen LogP contribution in [0.5, 0.6) is 11.5 Å². The lowest BCUT2D eigenvalue weighted by atomic mass is 9.92. The molecule has 1 atom stereocenters. The highest BCUT2D eigenvalue weighted by molar-refractivity contribution is 5.46. The average molecular weight is 294 g/mol. The van der Waals surface area contributed by atoms with Crippen molar-refractivity contribution in [1.82, 2.24) is 10.2 Å². The maximum absolute atomic E-state index is 9.82. The Bertz CT molecular complexity index is 463. The maximum Gasteiger partial charge on any atom is 0.231 e. The number of fused-ring (bicyclic) bond motifs is 1. The molecule has 0 radical (unpaired) electrons. The third-order valence-electron chi connectivity index (χ3n) is 4.16. The second kappa shape index (κ2) is 7.11. The molecule has 5 heteroatoms. The van der Waals surface area contributed by atoms with Gasteiger partial charge in [-0.05, 0) is 37.7 Å². The predicted octanol–water partition coefficient (Wildman–Crippen LogP) is 1.55. The fraction of sp³-hybridized carbons (Fsp3) is 0.625. The van der Waals surface area contributed by atoms with Gasteiger partial charge in [-0.3, -0.25) is 0 Å². The summed E-state index contributed by atoms with van der Waals surface area (Å²) < 4.78 is 10.7. The van der Waals surface area contributed by atoms with Crippen molar-refractivity contribution in [1.29, 1.82) is 0 Å². The first kappa shape index (κ1) is 16.1. The third-order valence-corrected chi connectivity index (χ3v) is 4.16. The fourth-order valence-electron chi connectivity index (χ4n) is 2.52. The number of rotatable bonds is 8. The van der Waals surface area contributed by atoms with E-state index in [0.717, 1.165) is 43.2 Å². The first-order valence-corrected chi connectivity index (χ1v) is 7.61. The second-order valence-electron chi connectivity index (χ2n) is 5.51. The van der Waals surface area contributed by atoms with Crippen LogP contribution in [0.1, 0.15) is 26.3 Å². The van der Waals surface area contributed by atoms with Crippen molar-refractivity contribution in [2.75, 3.05) is 39.6 Å². The molecule has 0 bridgehead atoms. The normalized spacial score (nSPS) is 16.2. The minimum Gasteiger partial charge on any atom is -0.454 e. The van der Waals surface area contributed by atoms with Gasteiger partial charge in [-0.15, -0.1) is 0 Å². The molecule has 0 spiro atoms. The molecule has 1 aromatic rings. The highest BCUT2D eigenvalue weighted by Crippen LogP contribution is 2.35. The molecule has 1 heterocycles. The highest BCUT2D eigenvalue weighted by Gasteiger charge is 2.27. The lowest BCUT2D eigenvalue weighted by Crippen LogP contribution is -2.46. The van der Waals surface area contributed by atoms with Crippen molar-refractivity contribution in [3.05, 3.63) is 23.8 Å². The summed E-state index contributed by atoms with van der Waals surface area (Å²) in [6.07, 6.45) is 0. The van der Waals surface area contributed by atoms with Gasteiger partial charge in [-0.2, -0.15) is 0 Å². The molecule has 0 amide bonds. The van der Waals surface area contributed by atoms with E-state index in [1.807, 2.05) is 25.1 Å². The van der Waals surface area contributed by atoms with E-state index in [1.165, 1.54) is 0 Å². The van der Waals surface area contributed by atoms with E-state index in [9.17, 15) is 5.11 Å². The summed E-state index contributed by atoms with van der Waals surface area (Å²) in [6, 6.07) is 5.83. The second-order valence-corrected chi connectivity index (χ2v) is 5.51. The molecule has 1 aliphatic heterocycles. The van der Waals surface area contributed by atoms with E-state index < -0.39 is 5.54 Å². The van der Waals surface area contributed by atoms with Crippen LogP contribution in [-0.2, 0) is 5.54 Å². The van der Waals surface area contributed by atoms with Crippen molar-refractivity contribution < 1.29 is 14.6 Å². The zero-order valence-corrected chi connectivity index (χ0v) is 13.2. The zero-order chi connectivity index (χ0) is 15.3. The summed E-state index contributed by atoms with van der Waals surface area (Å²) in [5.41, 5.74) is 0.530. The van der Waals surface area contributed by atoms with Gasteiger partial charge < -0.3 is 24.8 Å². The molecule has 0 saturated heterocycles. The largest absolute Gasteiger partial charge is 0.454 e. The molecule has 2 N–H and O–H groups in total. The topological polar surface area (TPSA) is 54.0 Å². The molecular formula is C16H26N2O3. The number of nitrogens with one attached hydrogen (secondary N) is 1. The Hall–Kier alpha value is -1.30. The van der Waals surface area contributed by atoms with Crippen LogP contribution < -0.4 is 14.8 Å². The Labute approximate surface area is 126 Å². The monoisotopic (exact) mass is 294 g/mol. The summed E-state index contributed by atoms with van der Waals surface area (Å²) in [4.78, 5) is 2.35. The van der Waals surface area contributed by atoms with Gasteiger partial charge in [0.1, 0.15) is 0 Å². The molecule has 0 saturated carbocycles. The van der Waals surface area contributed by atoms with Gasteiger partial charge in [0.2, 0.25) is 6.79 Å². The minimum atomic E-state index is -0.478. The molecule has 1 aliphatic rings. The Kier molecular flexibility index (Phi) is 5.45. The summed E-state index contributed by atoms with van der Waals surface area (Å²) in [6.45, 7) is 10.5. The minimum absolute atomic E-state index is 0.0326. The van der Waals surface area contributed by atoms with Crippen LogP contribution in [0.2, 0.25) is 0 Å². The number of aliphatic hydroxyl groups excluding tert-OH is 1. The number of benzene rings is 1. The van der Waals surface area contributed by atoms with Crippen LogP contribution in [0.3, 0.4) is 0 Å². The lowest BCUT2D eigenvalue weighted by molar-refractivity contribution is 0.167. The van der Waals surface area contributed by atoms with Crippen molar-refractivity contribution in [2.45, 2.75) is 26.3 Å². The molecule has 21 heavy (non-hydrogen) atoms. The summed E-state index contributed by atoms with van der Waals surface area (Å²) >= 11 is 0. The number of likely N-dealkylation sites (N-methyl/N-ethyl adjacent to an activating group) is 1. The van der Waals surface area contributed by atoms with E-state index in [1.54, 1.807) is 0 Å². The Morgan fingerprint density at radius 1 is 1.24 bits per heavy atom. The first-order valence-electron chi connectivity index (χ1n) is 7.61. The van der Waals surface area contributed by atoms with Crippen LogP contribution in [0, 0.1) is 0 Å². The van der Waals surface area contributed by atoms with E-state index in [0.29, 0.717) is 0 Å². The van der Waals surface area contributed by atoms with Gasteiger partial charge in [-0.25, -0.2) is 0 Å². The van der Waals surface area contributed by atoms with E-state index in [-0.39, 0.29) is 13.4 Å². The van der Waals surface area contributed by atoms with Gasteiger partial charge >= 0.3 is 0 Å². The fourth-order valence-corrected chi connectivity index (χ4v) is 2.52. The zero-order valence-electron chi connectivity index (χ0n) is 13.2. The van der Waals surface area contributed by atoms with E-state index in [4.69, 9.17) is 9.47 Å². The molecule has 1 aromatic carbocycles. The van der Waals surface area contributed by atoms with E-state index in [2.05, 4.69) is 24.1 Å². The summed E-state index contributed by atoms with van der Waals surface area (Å²) in [7, 11) is 0. The summed E-state index contributed by atoms with van der Waals surface area (Å²) in [5.74, 6) is 1.51. The van der Waals surface area contributed by atoms with Gasteiger partial charge in [0.05, 0.1) is 12.1 Å². The van der Waals surface area contributed by atoms with Crippen LogP contribution in [0.4, 0.5) is 0 Å². The van der Waals surface area contributed by atoms with Gasteiger partial charge in [0, 0.05) is 13.1 Å². The Morgan fingerprint density at radius 2 is 1.95 bits per heavy atom. The lowest BCUT2D eigenvalue weighted by Gasteiger charge is -2.31. The number of aliphatic hydroxyl groups is 1. The van der Waals surface area contributed by atoms with Gasteiger partial charge in [0.25, 0.3) is 0 Å². The van der Waals surface area contributed by atoms with Crippen LogP contribution in [-0.4, -0.2) is 49.6 Å². The Morgan fingerprint density at radius 3 is 2.62 bits per heavy atom. The molecule has 5 nitrogen and oxygen atoms in total. The molecule has 0 aromatic heterocycles. The molecular weight excluding hydrogens is 268 g/mol. The maximum atomic E-state index is 9.82. The summed E-state index contributed by atoms with van der Waals surface area (Å²) in [5, 5.41) is 13.3. The number of ether oxygens (including phenoxy) is 2. The number of hydrogen-bond donors (Lipinski definition) is 2. The SMILES string of the molecule is CCN(CC)CCNC(C)(CO)c1ccc2c(c1)OCO2. The van der Waals surface area contributed by atoms with Crippen LogP contribution in [0.15, 0.2) is 18.2 Å². The first-order chi connectivity index (χ1) is 10.1. The molecule has 2 rings (SSSR count). The van der Waals surface area contributed by atoms with Gasteiger partial charge in [-0.1, -0.05) is 19.9 Å². The van der Waals surface area contributed by atoms with Gasteiger partial charge in [0.15, 0.2) is 11.5 Å². The Balaban J connectivity index is 2.03. The third kappa shape index (κ3) is 3.67. The van der Waals surface area contributed by atoms with Crippen molar-refractivity contribution >= 4 is 0 Å². The average Bonchev–Trinajstić information content (AvgIpc) is 2.99. The van der Waals surface area contributed by atoms with Crippen molar-refractivity contribution in [2.24, 2.45) is 0 Å². The van der Waals surface area contributed by atoms with Crippen LogP contribution >= 0.6 is 0 Å². The molecule has 0 fully saturated rings. The smallest absolute Gasteiger partial charge is 0.231 e. The van der Waals surface area contributed by atoms with Crippen molar-refractivity contribution in [3.63, 3.8) is 0 Å². The van der Waals surface area contributed by atoms with Crippen molar-refractivity contribution in [3.8, 4) is 11.5 Å². The predicted molar refractivity (Wildman–Crippen MR) is 82.8 cm³/mol. The van der Waals surface area contributed by atoms with E-state index >= 15 is 0 Å². The molecule has 118 valence electrons. The van der Waals surface area contributed by atoms with Crippen LogP contribution in [0.25, 0.3) is 0 Å². The molecule has 0 aliphatic carbocycles. The standard InChI is InChI=1S/C16H26N2O3/c1-4-18(5-2)9-8-17-16(3,11-19)13-6-7-14-15(10-13)21-12-20-14/h6-7,10,17,19H,4-5,8-9,11-12H2,1-3H3. The quantitative estimate of drug-likeness (QED) is 0.762.